The number of carbonyl (C=O) groups excluding carboxylic acids is 4. The number of hydrogen-bond acceptors (Lipinski definition) is 6. The minimum atomic E-state index is -0.916. The molecule has 0 aliphatic carbocycles. The number of carbonyl (C=O) groups is 4. The monoisotopic (exact) mass is 426 g/mol. The molecule has 8 heteroatoms. The highest BCUT2D eigenvalue weighted by Gasteiger charge is 2.45. The summed E-state index contributed by atoms with van der Waals surface area (Å²) < 4.78 is 10.4. The van der Waals surface area contributed by atoms with E-state index in [4.69, 9.17) is 9.15 Å². The normalized spacial score (nSPS) is 16.5. The quantitative estimate of drug-likeness (QED) is 0.399. The van der Waals surface area contributed by atoms with Crippen molar-refractivity contribution < 1.29 is 28.3 Å². The van der Waals surface area contributed by atoms with Gasteiger partial charge in [-0.15, -0.1) is 0 Å². The van der Waals surface area contributed by atoms with E-state index in [1.54, 1.807) is 12.1 Å². The minimum absolute atomic E-state index is 0.102. The number of anilines is 1. The van der Waals surface area contributed by atoms with E-state index in [1.165, 1.54) is 42.4 Å². The highest BCUT2D eigenvalue weighted by Crippen LogP contribution is 2.30. The van der Waals surface area contributed by atoms with Gasteiger partial charge in [0.25, 0.3) is 5.91 Å². The Labute approximate surface area is 180 Å². The highest BCUT2D eigenvalue weighted by molar-refractivity contribution is 6.23. The SMILES string of the molecule is CC(=O)Oc1ccc(N2C(=O)CC(N(Cc3ccco3)C(=O)CC(C)(C)C)C2=O)cc1. The molecule has 164 valence electrons. The largest absolute Gasteiger partial charge is 0.467 e. The molecule has 8 nitrogen and oxygen atoms in total. The first kappa shape index (κ1) is 22.3. The lowest BCUT2D eigenvalue weighted by molar-refractivity contribution is -0.140. The number of amides is 3. The van der Waals surface area contributed by atoms with E-state index in [2.05, 4.69) is 0 Å². The van der Waals surface area contributed by atoms with Crippen molar-refractivity contribution in [2.24, 2.45) is 5.41 Å². The van der Waals surface area contributed by atoms with Crippen molar-refractivity contribution in [1.82, 2.24) is 4.90 Å². The lowest BCUT2D eigenvalue weighted by Gasteiger charge is -2.29. The van der Waals surface area contributed by atoms with Gasteiger partial charge < -0.3 is 14.1 Å². The Morgan fingerprint density at radius 1 is 1.16 bits per heavy atom. The van der Waals surface area contributed by atoms with Crippen molar-refractivity contribution in [3.63, 3.8) is 0 Å². The van der Waals surface area contributed by atoms with Gasteiger partial charge >= 0.3 is 5.97 Å². The molecule has 0 bridgehead atoms. The second-order valence-corrected chi connectivity index (χ2v) is 8.71. The van der Waals surface area contributed by atoms with E-state index in [9.17, 15) is 19.2 Å². The van der Waals surface area contributed by atoms with Crippen molar-refractivity contribution >= 4 is 29.4 Å². The van der Waals surface area contributed by atoms with Crippen LogP contribution in [0.4, 0.5) is 5.69 Å². The molecule has 1 atom stereocenters. The smallest absolute Gasteiger partial charge is 0.308 e. The summed E-state index contributed by atoms with van der Waals surface area (Å²) in [6.45, 7) is 7.21. The van der Waals surface area contributed by atoms with Crippen LogP contribution < -0.4 is 9.64 Å². The van der Waals surface area contributed by atoms with Gasteiger partial charge in [-0.25, -0.2) is 4.90 Å². The predicted molar refractivity (Wildman–Crippen MR) is 112 cm³/mol. The average molecular weight is 426 g/mol. The molecular weight excluding hydrogens is 400 g/mol. The van der Waals surface area contributed by atoms with Crippen LogP contribution in [0.25, 0.3) is 0 Å². The van der Waals surface area contributed by atoms with Crippen LogP contribution in [0.1, 0.15) is 46.3 Å². The van der Waals surface area contributed by atoms with Crippen LogP contribution in [0.5, 0.6) is 5.75 Å². The maximum Gasteiger partial charge on any atom is 0.308 e. The van der Waals surface area contributed by atoms with Crippen LogP contribution in [-0.4, -0.2) is 34.6 Å². The van der Waals surface area contributed by atoms with Gasteiger partial charge in [0.1, 0.15) is 17.6 Å². The van der Waals surface area contributed by atoms with Gasteiger partial charge in [0.15, 0.2) is 0 Å². The van der Waals surface area contributed by atoms with Crippen LogP contribution >= 0.6 is 0 Å². The molecule has 1 unspecified atom stereocenters. The average Bonchev–Trinajstić information content (AvgIpc) is 3.26. The van der Waals surface area contributed by atoms with Crippen LogP contribution in [0.15, 0.2) is 47.1 Å². The fourth-order valence-corrected chi connectivity index (χ4v) is 3.46. The Balaban J connectivity index is 1.85. The fraction of sp³-hybridized carbons (Fsp3) is 0.391. The third kappa shape index (κ3) is 5.39. The zero-order valence-electron chi connectivity index (χ0n) is 18.1. The van der Waals surface area contributed by atoms with Gasteiger partial charge in [-0.2, -0.15) is 0 Å². The van der Waals surface area contributed by atoms with Crippen molar-refractivity contribution in [2.75, 3.05) is 4.90 Å². The summed E-state index contributed by atoms with van der Waals surface area (Å²) in [5, 5.41) is 0. The Morgan fingerprint density at radius 2 is 1.84 bits per heavy atom. The molecule has 3 rings (SSSR count). The van der Waals surface area contributed by atoms with Crippen LogP contribution in [0.2, 0.25) is 0 Å². The zero-order chi connectivity index (χ0) is 22.8. The van der Waals surface area contributed by atoms with Crippen LogP contribution in [-0.2, 0) is 25.7 Å². The summed E-state index contributed by atoms with van der Waals surface area (Å²) in [6, 6.07) is 8.60. The molecule has 1 fully saturated rings. The second-order valence-electron chi connectivity index (χ2n) is 8.71. The molecule has 1 saturated heterocycles. The number of benzene rings is 1. The number of hydrogen-bond donors (Lipinski definition) is 0. The Bertz CT molecular complexity index is 972. The van der Waals surface area contributed by atoms with Gasteiger partial charge in [0, 0.05) is 13.3 Å². The molecule has 3 amide bonds. The molecule has 2 heterocycles. The standard InChI is InChI=1S/C23H26N2O6/c1-15(26)31-17-9-7-16(8-10-17)25-20(27)12-19(22(25)29)24(14-18-6-5-11-30-18)21(28)13-23(2,3)4/h5-11,19H,12-14H2,1-4H3. The molecule has 0 saturated carbocycles. The van der Waals surface area contributed by atoms with E-state index >= 15 is 0 Å². The summed E-state index contributed by atoms with van der Waals surface area (Å²) in [6.07, 6.45) is 1.62. The number of furan rings is 1. The predicted octanol–water partition coefficient (Wildman–Crippen LogP) is 3.30. The molecule has 1 aliphatic rings. The van der Waals surface area contributed by atoms with Gasteiger partial charge in [0.05, 0.1) is 24.9 Å². The first-order valence-electron chi connectivity index (χ1n) is 10.0. The number of nitrogens with zero attached hydrogens (tertiary/aromatic N) is 2. The topological polar surface area (TPSA) is 97.1 Å². The fourth-order valence-electron chi connectivity index (χ4n) is 3.46. The van der Waals surface area contributed by atoms with Crippen molar-refractivity contribution in [3.8, 4) is 5.75 Å². The second kappa shape index (κ2) is 8.75. The van der Waals surface area contributed by atoms with E-state index < -0.39 is 23.8 Å². The summed E-state index contributed by atoms with van der Waals surface area (Å²) in [4.78, 5) is 52.6. The maximum absolute atomic E-state index is 13.2. The molecule has 1 aromatic carbocycles. The molecule has 31 heavy (non-hydrogen) atoms. The van der Waals surface area contributed by atoms with Crippen LogP contribution in [0.3, 0.4) is 0 Å². The molecule has 0 N–H and O–H groups in total. The van der Waals surface area contributed by atoms with Gasteiger partial charge in [-0.3, -0.25) is 19.2 Å². The van der Waals surface area contributed by atoms with Crippen LogP contribution in [0, 0.1) is 5.41 Å². The minimum Gasteiger partial charge on any atom is -0.467 e. The summed E-state index contributed by atoms with van der Waals surface area (Å²) in [5.41, 5.74) is 0.0748. The Morgan fingerprint density at radius 3 is 2.39 bits per heavy atom. The summed E-state index contributed by atoms with van der Waals surface area (Å²) in [7, 11) is 0. The molecular formula is C23H26N2O6. The summed E-state index contributed by atoms with van der Waals surface area (Å²) in [5.74, 6) is -0.713. The third-order valence-corrected chi connectivity index (χ3v) is 4.76. The third-order valence-electron chi connectivity index (χ3n) is 4.76. The molecule has 0 spiro atoms. The lowest BCUT2D eigenvalue weighted by atomic mass is 9.91. The lowest BCUT2D eigenvalue weighted by Crippen LogP contribution is -2.45. The van der Waals surface area contributed by atoms with Gasteiger partial charge in [-0.1, -0.05) is 20.8 Å². The Hall–Kier alpha value is -3.42. The van der Waals surface area contributed by atoms with E-state index in [0.717, 1.165) is 4.90 Å². The van der Waals surface area contributed by atoms with Gasteiger partial charge in [0.2, 0.25) is 11.8 Å². The first-order valence-corrected chi connectivity index (χ1v) is 10.0. The first-order chi connectivity index (χ1) is 14.5. The zero-order valence-corrected chi connectivity index (χ0v) is 18.1. The number of ether oxygens (including phenoxy) is 1. The van der Waals surface area contributed by atoms with E-state index in [1.807, 2.05) is 20.8 Å². The summed E-state index contributed by atoms with van der Waals surface area (Å²) >= 11 is 0. The molecule has 2 aromatic rings. The highest BCUT2D eigenvalue weighted by atomic mass is 16.5. The Kier molecular flexibility index (Phi) is 6.29. The van der Waals surface area contributed by atoms with Crippen molar-refractivity contribution in [2.45, 2.75) is 53.1 Å². The van der Waals surface area contributed by atoms with Crippen molar-refractivity contribution in [3.05, 3.63) is 48.4 Å². The molecule has 1 aromatic heterocycles. The molecule has 1 aliphatic heterocycles. The van der Waals surface area contributed by atoms with E-state index in [-0.39, 0.29) is 30.7 Å². The number of imide groups is 1. The molecule has 0 radical (unpaired) electrons. The number of rotatable bonds is 6. The van der Waals surface area contributed by atoms with Crippen molar-refractivity contribution in [1.29, 1.82) is 0 Å². The maximum atomic E-state index is 13.2. The van der Waals surface area contributed by atoms with E-state index in [0.29, 0.717) is 17.2 Å². The van der Waals surface area contributed by atoms with Gasteiger partial charge in [-0.05, 0) is 41.8 Å². The number of esters is 1.